The third-order valence-electron chi connectivity index (χ3n) is 4.76. The smallest absolute Gasteiger partial charge is 0.347 e. The molecule has 1 fully saturated rings. The molecule has 0 aromatic carbocycles. The lowest BCUT2D eigenvalue weighted by atomic mass is 10.2. The molecule has 0 N–H and O–H groups in total. The molecule has 1 aliphatic heterocycles. The standard InChI is InChI=1S/C17H24FN7O2/c1-2-24-15(26)12-21-25(17(24)27)6-4-3-5-22-7-9-23(10-8-22)16-14(18)11-19-13-20-16/h11-13H,2-10H2,1H3. The summed E-state index contributed by atoms with van der Waals surface area (Å²) in [6.45, 7) is 6.61. The van der Waals surface area contributed by atoms with Crippen LogP contribution in [-0.4, -0.2) is 61.9 Å². The average Bonchev–Trinajstić information content (AvgIpc) is 2.68. The number of rotatable bonds is 7. The van der Waals surface area contributed by atoms with Gasteiger partial charge in [-0.05, 0) is 26.3 Å². The maximum absolute atomic E-state index is 13.8. The van der Waals surface area contributed by atoms with Gasteiger partial charge in [-0.15, -0.1) is 0 Å². The molecule has 0 unspecified atom stereocenters. The van der Waals surface area contributed by atoms with Crippen LogP contribution in [0.5, 0.6) is 0 Å². The third-order valence-corrected chi connectivity index (χ3v) is 4.76. The van der Waals surface area contributed by atoms with Gasteiger partial charge in [-0.25, -0.2) is 23.8 Å². The molecule has 146 valence electrons. The lowest BCUT2D eigenvalue weighted by molar-refractivity contribution is 0.249. The summed E-state index contributed by atoms with van der Waals surface area (Å²) in [5.74, 6) is -0.0292. The quantitative estimate of drug-likeness (QED) is 0.625. The number of unbranched alkanes of at least 4 members (excludes halogenated alkanes) is 1. The molecular formula is C17H24FN7O2. The van der Waals surface area contributed by atoms with E-state index in [1.807, 2.05) is 4.90 Å². The summed E-state index contributed by atoms with van der Waals surface area (Å²) < 4.78 is 16.3. The average molecular weight is 377 g/mol. The van der Waals surface area contributed by atoms with Gasteiger partial charge in [0.1, 0.15) is 12.5 Å². The van der Waals surface area contributed by atoms with Crippen LogP contribution in [-0.2, 0) is 13.1 Å². The molecule has 0 amide bonds. The predicted octanol–water partition coefficient (Wildman–Crippen LogP) is -0.0436. The van der Waals surface area contributed by atoms with Crippen molar-refractivity contribution < 1.29 is 4.39 Å². The number of hydrogen-bond donors (Lipinski definition) is 0. The molecule has 10 heteroatoms. The van der Waals surface area contributed by atoms with Gasteiger partial charge >= 0.3 is 5.69 Å². The first-order valence-corrected chi connectivity index (χ1v) is 9.20. The van der Waals surface area contributed by atoms with Gasteiger partial charge in [-0.2, -0.15) is 5.10 Å². The molecule has 1 saturated heterocycles. The van der Waals surface area contributed by atoms with E-state index in [0.717, 1.165) is 45.6 Å². The fourth-order valence-electron chi connectivity index (χ4n) is 3.24. The first kappa shape index (κ1) is 19.2. The molecule has 3 heterocycles. The van der Waals surface area contributed by atoms with Crippen molar-refractivity contribution >= 4 is 5.82 Å². The molecule has 2 aromatic rings. The largest absolute Gasteiger partial charge is 0.352 e. The number of piperazine rings is 1. The Morgan fingerprint density at radius 2 is 1.81 bits per heavy atom. The predicted molar refractivity (Wildman–Crippen MR) is 98.3 cm³/mol. The van der Waals surface area contributed by atoms with E-state index in [-0.39, 0.29) is 11.2 Å². The molecule has 0 aliphatic carbocycles. The fourth-order valence-corrected chi connectivity index (χ4v) is 3.24. The van der Waals surface area contributed by atoms with Crippen molar-refractivity contribution in [3.8, 4) is 0 Å². The Hall–Kier alpha value is -2.62. The van der Waals surface area contributed by atoms with Crippen LogP contribution >= 0.6 is 0 Å². The van der Waals surface area contributed by atoms with Gasteiger partial charge in [0, 0.05) is 39.3 Å². The van der Waals surface area contributed by atoms with Gasteiger partial charge in [0.15, 0.2) is 11.6 Å². The normalized spacial score (nSPS) is 15.3. The van der Waals surface area contributed by atoms with Crippen LogP contribution in [0.25, 0.3) is 0 Å². The second kappa shape index (κ2) is 8.85. The Morgan fingerprint density at radius 3 is 2.52 bits per heavy atom. The van der Waals surface area contributed by atoms with Crippen LogP contribution in [0, 0.1) is 5.82 Å². The molecule has 0 radical (unpaired) electrons. The van der Waals surface area contributed by atoms with E-state index < -0.39 is 5.82 Å². The van der Waals surface area contributed by atoms with Gasteiger partial charge in [0.25, 0.3) is 5.56 Å². The van der Waals surface area contributed by atoms with Crippen LogP contribution < -0.4 is 16.1 Å². The summed E-state index contributed by atoms with van der Waals surface area (Å²) in [4.78, 5) is 35.6. The van der Waals surface area contributed by atoms with Crippen molar-refractivity contribution in [3.05, 3.63) is 45.4 Å². The second-order valence-corrected chi connectivity index (χ2v) is 6.46. The Kier molecular flexibility index (Phi) is 6.28. The molecule has 27 heavy (non-hydrogen) atoms. The van der Waals surface area contributed by atoms with Crippen molar-refractivity contribution in [1.29, 1.82) is 0 Å². The highest BCUT2D eigenvalue weighted by Gasteiger charge is 2.20. The minimum Gasteiger partial charge on any atom is -0.352 e. The maximum atomic E-state index is 13.8. The number of aromatic nitrogens is 5. The maximum Gasteiger partial charge on any atom is 0.347 e. The van der Waals surface area contributed by atoms with Crippen molar-refractivity contribution in [2.24, 2.45) is 0 Å². The molecule has 9 nitrogen and oxygen atoms in total. The van der Waals surface area contributed by atoms with E-state index in [4.69, 9.17) is 0 Å². The summed E-state index contributed by atoms with van der Waals surface area (Å²) in [7, 11) is 0. The van der Waals surface area contributed by atoms with Gasteiger partial charge < -0.3 is 4.90 Å². The number of halogens is 1. The SMILES string of the molecule is CCn1c(=O)cnn(CCCCN2CCN(c3ncncc3F)CC2)c1=O. The van der Waals surface area contributed by atoms with E-state index in [1.54, 1.807) is 6.92 Å². The molecule has 0 spiro atoms. The minimum absolute atomic E-state index is 0.345. The van der Waals surface area contributed by atoms with Crippen molar-refractivity contribution in [2.45, 2.75) is 32.9 Å². The van der Waals surface area contributed by atoms with E-state index in [0.29, 0.717) is 18.9 Å². The Balaban J connectivity index is 1.43. The van der Waals surface area contributed by atoms with Crippen LogP contribution in [0.1, 0.15) is 19.8 Å². The zero-order valence-electron chi connectivity index (χ0n) is 15.4. The number of anilines is 1. The molecule has 1 aliphatic rings. The summed E-state index contributed by atoms with van der Waals surface area (Å²) >= 11 is 0. The number of aryl methyl sites for hydroxylation is 1. The summed E-state index contributed by atoms with van der Waals surface area (Å²) in [5, 5.41) is 3.93. The lowest BCUT2D eigenvalue weighted by Crippen LogP contribution is -2.47. The van der Waals surface area contributed by atoms with Crippen molar-refractivity contribution in [3.63, 3.8) is 0 Å². The molecule has 0 atom stereocenters. The van der Waals surface area contributed by atoms with Crippen LogP contribution in [0.15, 0.2) is 28.3 Å². The summed E-state index contributed by atoms with van der Waals surface area (Å²) in [6.07, 6.45) is 5.46. The number of hydrogen-bond acceptors (Lipinski definition) is 7. The first-order chi connectivity index (χ1) is 13.1. The number of nitrogens with zero attached hydrogens (tertiary/aromatic N) is 7. The Labute approximate surface area is 156 Å². The molecule has 0 saturated carbocycles. The highest BCUT2D eigenvalue weighted by atomic mass is 19.1. The Bertz CT molecular complexity index is 874. The topological polar surface area (TPSA) is 89.2 Å². The van der Waals surface area contributed by atoms with Crippen molar-refractivity contribution in [2.75, 3.05) is 37.6 Å². The highest BCUT2D eigenvalue weighted by Crippen LogP contribution is 2.16. The summed E-state index contributed by atoms with van der Waals surface area (Å²) in [6, 6.07) is 0. The third kappa shape index (κ3) is 4.57. The Morgan fingerprint density at radius 1 is 1.07 bits per heavy atom. The van der Waals surface area contributed by atoms with Crippen LogP contribution in [0.2, 0.25) is 0 Å². The van der Waals surface area contributed by atoms with Gasteiger partial charge in [0.05, 0.1) is 6.20 Å². The zero-order valence-corrected chi connectivity index (χ0v) is 15.4. The molecule has 2 aromatic heterocycles. The minimum atomic E-state index is -0.391. The van der Waals surface area contributed by atoms with E-state index >= 15 is 0 Å². The monoisotopic (exact) mass is 377 g/mol. The van der Waals surface area contributed by atoms with E-state index in [9.17, 15) is 14.0 Å². The van der Waals surface area contributed by atoms with Crippen LogP contribution in [0.4, 0.5) is 10.2 Å². The molecule has 0 bridgehead atoms. The van der Waals surface area contributed by atoms with Gasteiger partial charge in [-0.1, -0.05) is 0 Å². The van der Waals surface area contributed by atoms with E-state index in [2.05, 4.69) is 20.0 Å². The second-order valence-electron chi connectivity index (χ2n) is 6.46. The fraction of sp³-hybridized carbons (Fsp3) is 0.588. The zero-order chi connectivity index (χ0) is 19.2. The molecule has 3 rings (SSSR count). The highest BCUT2D eigenvalue weighted by molar-refractivity contribution is 5.38. The molecular weight excluding hydrogens is 353 g/mol. The summed E-state index contributed by atoms with van der Waals surface area (Å²) in [5.41, 5.74) is -0.720. The van der Waals surface area contributed by atoms with Gasteiger partial charge in [-0.3, -0.25) is 14.3 Å². The van der Waals surface area contributed by atoms with Crippen LogP contribution in [0.3, 0.4) is 0 Å². The van der Waals surface area contributed by atoms with E-state index in [1.165, 1.54) is 28.0 Å². The first-order valence-electron chi connectivity index (χ1n) is 9.20. The van der Waals surface area contributed by atoms with Gasteiger partial charge in [0.2, 0.25) is 0 Å². The lowest BCUT2D eigenvalue weighted by Gasteiger charge is -2.35. The van der Waals surface area contributed by atoms with Crippen molar-refractivity contribution in [1.82, 2.24) is 29.2 Å².